The van der Waals surface area contributed by atoms with Gasteiger partial charge in [-0.25, -0.2) is 0 Å². The summed E-state index contributed by atoms with van der Waals surface area (Å²) in [5, 5.41) is 0. The van der Waals surface area contributed by atoms with Crippen LogP contribution < -0.4 is 12.4 Å². The summed E-state index contributed by atoms with van der Waals surface area (Å²) in [6.07, 6.45) is 4.50. The molecule has 0 aliphatic carbocycles. The smallest absolute Gasteiger partial charge is 0.104 e. The first-order valence-electron chi connectivity index (χ1n) is 1.81. The first-order valence-corrected chi connectivity index (χ1v) is 4.02. The van der Waals surface area contributed by atoms with Crippen molar-refractivity contribution in [3.05, 3.63) is 0 Å². The van der Waals surface area contributed by atoms with Crippen LogP contribution in [0.15, 0.2) is 0 Å². The van der Waals surface area contributed by atoms with Crippen LogP contribution in [0.2, 0.25) is 0 Å². The second-order valence-corrected chi connectivity index (χ2v) is 3.82. The summed E-state index contributed by atoms with van der Waals surface area (Å²) < 4.78 is 0. The third-order valence-electron chi connectivity index (χ3n) is 0.577. The number of hydrogen-bond donors (Lipinski definition) is 0. The average Bonchev–Trinajstić information content (AvgIpc) is 1.38. The van der Waals surface area contributed by atoms with Crippen molar-refractivity contribution in [2.75, 3.05) is 18.3 Å². The highest BCUT2D eigenvalue weighted by Gasteiger charge is 1.89. The third kappa shape index (κ3) is 8.82. The van der Waals surface area contributed by atoms with Crippen molar-refractivity contribution in [1.82, 2.24) is 0 Å². The van der Waals surface area contributed by atoms with Crippen LogP contribution >= 0.6 is 0 Å². The second kappa shape index (κ2) is 5.64. The molecule has 0 aromatic rings. The summed E-state index contributed by atoms with van der Waals surface area (Å²) >= 11 is 0. The van der Waals surface area contributed by atoms with Crippen molar-refractivity contribution in [1.29, 1.82) is 0 Å². The van der Waals surface area contributed by atoms with Crippen molar-refractivity contribution in [2.45, 2.75) is 6.92 Å². The fraction of sp³-hybridized carbons (Fsp3) is 1.00. The summed E-state index contributed by atoms with van der Waals surface area (Å²) in [4.78, 5) is 0. The van der Waals surface area contributed by atoms with E-state index < -0.39 is 0 Å². The van der Waals surface area contributed by atoms with Crippen LogP contribution in [-0.2, 0) is 10.9 Å². The van der Waals surface area contributed by atoms with Crippen LogP contribution in [0.5, 0.6) is 0 Å². The zero-order valence-electron chi connectivity index (χ0n) is 4.49. The number of rotatable bonds is 1. The largest absolute Gasteiger partial charge is 1.00 e. The quantitative estimate of drug-likeness (QED) is 0.353. The minimum atomic E-state index is 0. The maximum atomic E-state index is 2.25. The summed E-state index contributed by atoms with van der Waals surface area (Å²) in [5.74, 6) is 1.33. The standard InChI is InChI=1S/C4H11S.ClH/c1-4-5(2)3;/h4H2,1-3H3;1H/q+1;/p-1. The van der Waals surface area contributed by atoms with Gasteiger partial charge in [0.15, 0.2) is 0 Å². The van der Waals surface area contributed by atoms with E-state index in [1.807, 2.05) is 0 Å². The first-order chi connectivity index (χ1) is 2.27. The molecule has 0 N–H and O–H groups in total. The Morgan fingerprint density at radius 1 is 1.33 bits per heavy atom. The summed E-state index contributed by atoms with van der Waals surface area (Å²) in [6, 6.07) is 0. The van der Waals surface area contributed by atoms with Gasteiger partial charge in [-0.05, 0) is 17.8 Å². The Balaban J connectivity index is 0. The van der Waals surface area contributed by atoms with Gasteiger partial charge in [0.05, 0.1) is 12.5 Å². The fourth-order valence-electron chi connectivity index (χ4n) is 0. The maximum Gasteiger partial charge on any atom is 0.104 e. The van der Waals surface area contributed by atoms with Gasteiger partial charge < -0.3 is 12.4 Å². The second-order valence-electron chi connectivity index (χ2n) is 1.27. The van der Waals surface area contributed by atoms with Crippen molar-refractivity contribution in [3.63, 3.8) is 0 Å². The summed E-state index contributed by atoms with van der Waals surface area (Å²) in [6.45, 7) is 2.21. The molecule has 0 aliphatic rings. The molecule has 0 bridgehead atoms. The summed E-state index contributed by atoms with van der Waals surface area (Å²) in [5.41, 5.74) is 0. The van der Waals surface area contributed by atoms with E-state index >= 15 is 0 Å². The van der Waals surface area contributed by atoms with Gasteiger partial charge in [0.25, 0.3) is 0 Å². The van der Waals surface area contributed by atoms with Gasteiger partial charge >= 0.3 is 0 Å². The molecule has 0 fully saturated rings. The normalized spacial score (nSPS) is 8.00. The number of hydrogen-bond acceptors (Lipinski definition) is 0. The van der Waals surface area contributed by atoms with Gasteiger partial charge in [0.1, 0.15) is 5.75 Å². The van der Waals surface area contributed by atoms with Crippen LogP contribution in [0.3, 0.4) is 0 Å². The molecule has 0 saturated carbocycles. The Morgan fingerprint density at radius 2 is 1.50 bits per heavy atom. The Labute approximate surface area is 49.1 Å². The monoisotopic (exact) mass is 126 g/mol. The Hall–Kier alpha value is 0.640. The highest BCUT2D eigenvalue weighted by Crippen LogP contribution is 1.76. The molecule has 0 aliphatic heterocycles. The first kappa shape index (κ1) is 9.81. The lowest BCUT2D eigenvalue weighted by atomic mass is 11.0. The van der Waals surface area contributed by atoms with E-state index in [1.165, 1.54) is 5.75 Å². The van der Waals surface area contributed by atoms with E-state index in [1.54, 1.807) is 0 Å². The third-order valence-corrected chi connectivity index (χ3v) is 1.73. The zero-order valence-corrected chi connectivity index (χ0v) is 6.07. The molecule has 40 valence electrons. The van der Waals surface area contributed by atoms with E-state index in [9.17, 15) is 0 Å². The molecule has 0 nitrogen and oxygen atoms in total. The van der Waals surface area contributed by atoms with Crippen LogP contribution in [0.4, 0.5) is 0 Å². The molecule has 0 aromatic carbocycles. The molecular weight excluding hydrogens is 116 g/mol. The van der Waals surface area contributed by atoms with E-state index in [0.29, 0.717) is 10.9 Å². The molecule has 2 heteroatoms. The van der Waals surface area contributed by atoms with Crippen molar-refractivity contribution in [3.8, 4) is 0 Å². The van der Waals surface area contributed by atoms with Crippen molar-refractivity contribution < 1.29 is 12.4 Å². The Bertz CT molecular complexity index is 21.5. The molecule has 0 spiro atoms. The molecule has 0 heterocycles. The molecule has 0 amide bonds. The molecular formula is C4H11ClS. The van der Waals surface area contributed by atoms with Crippen molar-refractivity contribution in [2.24, 2.45) is 0 Å². The lowest BCUT2D eigenvalue weighted by Gasteiger charge is -1.81. The van der Waals surface area contributed by atoms with Gasteiger partial charge in [-0.2, -0.15) is 0 Å². The lowest BCUT2D eigenvalue weighted by molar-refractivity contribution is -0.00000128. The zero-order chi connectivity index (χ0) is 4.28. The van der Waals surface area contributed by atoms with E-state index in [2.05, 4.69) is 19.4 Å². The molecule has 0 unspecified atom stereocenters. The van der Waals surface area contributed by atoms with E-state index in [-0.39, 0.29) is 12.4 Å². The average molecular weight is 127 g/mol. The molecule has 0 saturated heterocycles. The minimum Gasteiger partial charge on any atom is -1.00 e. The van der Waals surface area contributed by atoms with Crippen LogP contribution in [0.1, 0.15) is 6.92 Å². The molecule has 0 rings (SSSR count). The SMILES string of the molecule is CC[S+](C)C.[Cl-]. The highest BCUT2D eigenvalue weighted by molar-refractivity contribution is 7.95. The van der Waals surface area contributed by atoms with Gasteiger partial charge in [0.2, 0.25) is 0 Å². The van der Waals surface area contributed by atoms with E-state index in [0.717, 1.165) is 0 Å². The number of halogens is 1. The molecule has 0 radical (unpaired) electrons. The van der Waals surface area contributed by atoms with Crippen molar-refractivity contribution >= 4 is 10.9 Å². The molecule has 6 heavy (non-hydrogen) atoms. The fourth-order valence-corrected chi connectivity index (χ4v) is 0. The van der Waals surface area contributed by atoms with Gasteiger partial charge in [-0.3, -0.25) is 0 Å². The predicted octanol–water partition coefficient (Wildman–Crippen LogP) is -2.11. The summed E-state index contributed by atoms with van der Waals surface area (Å²) in [7, 11) is 0.677. The van der Waals surface area contributed by atoms with Gasteiger partial charge in [-0.1, -0.05) is 0 Å². The van der Waals surface area contributed by atoms with Crippen LogP contribution in [0.25, 0.3) is 0 Å². The van der Waals surface area contributed by atoms with E-state index in [4.69, 9.17) is 0 Å². The minimum absolute atomic E-state index is 0. The highest BCUT2D eigenvalue weighted by atomic mass is 35.5. The van der Waals surface area contributed by atoms with Crippen LogP contribution in [0, 0.1) is 0 Å². The topological polar surface area (TPSA) is 0 Å². The molecule has 0 aromatic heterocycles. The van der Waals surface area contributed by atoms with Crippen LogP contribution in [-0.4, -0.2) is 18.3 Å². The lowest BCUT2D eigenvalue weighted by Crippen LogP contribution is -3.00. The predicted molar refractivity (Wildman–Crippen MR) is 29.8 cm³/mol. The Kier molecular flexibility index (Phi) is 9.22. The maximum absolute atomic E-state index is 2.25. The Morgan fingerprint density at radius 3 is 1.50 bits per heavy atom. The van der Waals surface area contributed by atoms with Gasteiger partial charge in [0, 0.05) is 0 Å². The van der Waals surface area contributed by atoms with Gasteiger partial charge in [-0.15, -0.1) is 0 Å². The molecule has 0 atom stereocenters.